The molecule has 6 heteroatoms. The first-order valence-electron chi connectivity index (χ1n) is 10.1. The summed E-state index contributed by atoms with van der Waals surface area (Å²) in [5.41, 5.74) is 0.861. The van der Waals surface area contributed by atoms with E-state index in [9.17, 15) is 13.2 Å². The molecule has 0 amide bonds. The molecule has 2 N–H and O–H groups in total. The zero-order chi connectivity index (χ0) is 20.0. The number of aliphatic carboxylic acids is 1. The van der Waals surface area contributed by atoms with Crippen molar-refractivity contribution in [2.75, 3.05) is 0 Å². The normalized spacial score (nSPS) is 27.6. The topological polar surface area (TPSA) is 83.5 Å². The van der Waals surface area contributed by atoms with Crippen molar-refractivity contribution < 1.29 is 18.3 Å². The molecule has 152 valence electrons. The van der Waals surface area contributed by atoms with Crippen molar-refractivity contribution in [3.8, 4) is 0 Å². The van der Waals surface area contributed by atoms with Crippen LogP contribution in [0.1, 0.15) is 50.5 Å². The molecule has 0 aromatic heterocycles. The third-order valence-electron chi connectivity index (χ3n) is 5.87. The number of benzene rings is 1. The van der Waals surface area contributed by atoms with Crippen molar-refractivity contribution in [1.29, 1.82) is 0 Å². The summed E-state index contributed by atoms with van der Waals surface area (Å²) in [7, 11) is -3.48. The summed E-state index contributed by atoms with van der Waals surface area (Å²) in [4.78, 5) is 10.6. The molecule has 0 heterocycles. The molecule has 3 saturated carbocycles. The Morgan fingerprint density at radius 2 is 1.96 bits per heavy atom. The minimum absolute atomic E-state index is 0.0217. The Morgan fingerprint density at radius 1 is 1.18 bits per heavy atom. The molecule has 4 atom stereocenters. The van der Waals surface area contributed by atoms with E-state index >= 15 is 0 Å². The number of allylic oxidation sites excluding steroid dienone is 2. The Labute approximate surface area is 167 Å². The molecule has 4 unspecified atom stereocenters. The van der Waals surface area contributed by atoms with Crippen molar-refractivity contribution in [3.05, 3.63) is 53.5 Å². The van der Waals surface area contributed by atoms with Crippen molar-refractivity contribution in [2.45, 2.75) is 51.0 Å². The monoisotopic (exact) mass is 403 g/mol. The number of carboxylic acids is 1. The molecule has 1 aromatic rings. The summed E-state index contributed by atoms with van der Waals surface area (Å²) in [6.07, 6.45) is 11.7. The summed E-state index contributed by atoms with van der Waals surface area (Å²) in [6, 6.07) is 9.39. The van der Waals surface area contributed by atoms with Gasteiger partial charge in [-0.05, 0) is 61.5 Å². The molecule has 3 aliphatic carbocycles. The van der Waals surface area contributed by atoms with Gasteiger partial charge in [-0.15, -0.1) is 0 Å². The van der Waals surface area contributed by atoms with E-state index in [4.69, 9.17) is 5.11 Å². The number of fused-ring (bicyclic) bond motifs is 3. The first-order chi connectivity index (χ1) is 13.4. The van der Waals surface area contributed by atoms with E-state index in [-0.39, 0.29) is 12.5 Å². The Hall–Kier alpha value is -1.92. The van der Waals surface area contributed by atoms with Crippen LogP contribution in [0.5, 0.6) is 0 Å². The molecule has 0 aliphatic heterocycles. The Balaban J connectivity index is 1.58. The fourth-order valence-corrected chi connectivity index (χ4v) is 5.66. The van der Waals surface area contributed by atoms with Gasteiger partial charge in [0.25, 0.3) is 0 Å². The Kier molecular flexibility index (Phi) is 7.08. The SMILES string of the molecule is O=C(O)CCCC=CC1CC2CCC1C(NS(=O)(=O)C=Cc1ccccc1)C2. The van der Waals surface area contributed by atoms with E-state index in [1.807, 2.05) is 30.3 Å². The predicted octanol–water partition coefficient (Wildman–Crippen LogP) is 4.19. The van der Waals surface area contributed by atoms with Gasteiger partial charge < -0.3 is 5.11 Å². The van der Waals surface area contributed by atoms with E-state index in [1.165, 1.54) is 11.8 Å². The summed E-state index contributed by atoms with van der Waals surface area (Å²) < 4.78 is 28.0. The zero-order valence-electron chi connectivity index (χ0n) is 16.0. The van der Waals surface area contributed by atoms with Crippen LogP contribution in [0, 0.1) is 17.8 Å². The largest absolute Gasteiger partial charge is 0.481 e. The van der Waals surface area contributed by atoms with E-state index in [0.717, 1.165) is 31.2 Å². The van der Waals surface area contributed by atoms with Gasteiger partial charge in [-0.1, -0.05) is 48.9 Å². The maximum Gasteiger partial charge on any atom is 0.303 e. The molecular weight excluding hydrogens is 374 g/mol. The van der Waals surface area contributed by atoms with E-state index in [0.29, 0.717) is 24.2 Å². The van der Waals surface area contributed by atoms with Gasteiger partial charge in [0, 0.05) is 17.9 Å². The van der Waals surface area contributed by atoms with Crippen LogP contribution >= 0.6 is 0 Å². The van der Waals surface area contributed by atoms with Crippen molar-refractivity contribution in [3.63, 3.8) is 0 Å². The highest BCUT2D eigenvalue weighted by Crippen LogP contribution is 2.46. The number of carbonyl (C=O) groups is 1. The lowest BCUT2D eigenvalue weighted by atomic mass is 9.62. The van der Waals surface area contributed by atoms with E-state index < -0.39 is 16.0 Å². The quantitative estimate of drug-likeness (QED) is 0.478. The Morgan fingerprint density at radius 3 is 2.68 bits per heavy atom. The second-order valence-electron chi connectivity index (χ2n) is 7.94. The van der Waals surface area contributed by atoms with Crippen molar-refractivity contribution in [2.24, 2.45) is 17.8 Å². The molecule has 3 fully saturated rings. The van der Waals surface area contributed by atoms with Crippen LogP contribution in [-0.2, 0) is 14.8 Å². The molecule has 0 radical (unpaired) electrons. The summed E-state index contributed by atoms with van der Waals surface area (Å²) in [5.74, 6) is 0.497. The first kappa shape index (κ1) is 20.8. The van der Waals surface area contributed by atoms with Crippen LogP contribution in [0.3, 0.4) is 0 Å². The lowest BCUT2D eigenvalue weighted by molar-refractivity contribution is -0.137. The van der Waals surface area contributed by atoms with Gasteiger partial charge in [-0.25, -0.2) is 13.1 Å². The second-order valence-corrected chi connectivity index (χ2v) is 9.54. The average molecular weight is 404 g/mol. The van der Waals surface area contributed by atoms with Crippen LogP contribution in [0.15, 0.2) is 47.9 Å². The molecule has 1 aromatic carbocycles. The molecule has 0 saturated heterocycles. The molecule has 5 nitrogen and oxygen atoms in total. The number of hydrogen-bond acceptors (Lipinski definition) is 3. The standard InChI is InChI=1S/C22H29NO4S/c24-22(25)10-6-2-5-9-19-15-18-11-12-20(19)21(16-18)23-28(26,27)14-13-17-7-3-1-4-8-17/h1,3-5,7-9,13-14,18-21,23H,2,6,10-12,15-16H2,(H,24,25). The minimum Gasteiger partial charge on any atom is -0.481 e. The maximum atomic E-state index is 12.5. The highest BCUT2D eigenvalue weighted by molar-refractivity contribution is 7.92. The fraction of sp³-hybridized carbons (Fsp3) is 0.500. The second kappa shape index (κ2) is 9.52. The summed E-state index contributed by atoms with van der Waals surface area (Å²) in [5, 5.41) is 9.98. The highest BCUT2D eigenvalue weighted by atomic mass is 32.2. The van der Waals surface area contributed by atoms with Gasteiger partial charge in [-0.3, -0.25) is 4.79 Å². The van der Waals surface area contributed by atoms with Crippen LogP contribution in [-0.4, -0.2) is 25.5 Å². The lowest BCUT2D eigenvalue weighted by Crippen LogP contribution is -2.49. The van der Waals surface area contributed by atoms with Gasteiger partial charge in [0.05, 0.1) is 0 Å². The molecule has 2 bridgehead atoms. The van der Waals surface area contributed by atoms with E-state index in [1.54, 1.807) is 6.08 Å². The third-order valence-corrected chi connectivity index (χ3v) is 6.99. The number of unbranched alkanes of at least 4 members (excludes halogenated alkanes) is 1. The number of sulfonamides is 1. The Bertz CT molecular complexity index is 816. The number of rotatable bonds is 9. The summed E-state index contributed by atoms with van der Waals surface area (Å²) in [6.45, 7) is 0. The highest BCUT2D eigenvalue weighted by Gasteiger charge is 2.42. The van der Waals surface area contributed by atoms with Crippen molar-refractivity contribution in [1.82, 2.24) is 4.72 Å². The number of hydrogen-bond donors (Lipinski definition) is 2. The van der Waals surface area contributed by atoms with Crippen LogP contribution in [0.25, 0.3) is 6.08 Å². The third kappa shape index (κ3) is 6.04. The van der Waals surface area contributed by atoms with Gasteiger partial charge in [0.2, 0.25) is 10.0 Å². The molecule has 0 spiro atoms. The van der Waals surface area contributed by atoms with Gasteiger partial charge in [0.1, 0.15) is 0 Å². The zero-order valence-corrected chi connectivity index (χ0v) is 16.9. The number of nitrogens with one attached hydrogen (secondary N) is 1. The average Bonchev–Trinajstić information content (AvgIpc) is 2.67. The maximum absolute atomic E-state index is 12.5. The predicted molar refractivity (Wildman–Crippen MR) is 111 cm³/mol. The first-order valence-corrected chi connectivity index (χ1v) is 11.6. The number of carboxylic acid groups (broad SMARTS) is 1. The van der Waals surface area contributed by atoms with Crippen LogP contribution in [0.2, 0.25) is 0 Å². The molecule has 28 heavy (non-hydrogen) atoms. The van der Waals surface area contributed by atoms with Crippen molar-refractivity contribution >= 4 is 22.1 Å². The van der Waals surface area contributed by atoms with Gasteiger partial charge >= 0.3 is 5.97 Å². The fourth-order valence-electron chi connectivity index (χ4n) is 4.55. The van der Waals surface area contributed by atoms with Crippen LogP contribution < -0.4 is 4.72 Å². The van der Waals surface area contributed by atoms with Gasteiger partial charge in [-0.2, -0.15) is 0 Å². The van der Waals surface area contributed by atoms with E-state index in [2.05, 4.69) is 16.9 Å². The smallest absolute Gasteiger partial charge is 0.303 e. The van der Waals surface area contributed by atoms with Crippen LogP contribution in [0.4, 0.5) is 0 Å². The lowest BCUT2D eigenvalue weighted by Gasteiger charge is -2.46. The molecule has 4 rings (SSSR count). The molecule has 3 aliphatic rings. The molecular formula is C22H29NO4S. The summed E-state index contributed by atoms with van der Waals surface area (Å²) >= 11 is 0. The van der Waals surface area contributed by atoms with Gasteiger partial charge in [0.15, 0.2) is 0 Å². The minimum atomic E-state index is -3.48.